The average Bonchev–Trinajstić information content (AvgIpc) is 3.10. The van der Waals surface area contributed by atoms with Gasteiger partial charge in [-0.2, -0.15) is 0 Å². The Balaban J connectivity index is 1.44. The van der Waals surface area contributed by atoms with Crippen molar-refractivity contribution in [2.45, 2.75) is 128 Å². The lowest BCUT2D eigenvalue weighted by molar-refractivity contribution is 0.291. The lowest BCUT2D eigenvalue weighted by Crippen LogP contribution is -2.33. The summed E-state index contributed by atoms with van der Waals surface area (Å²) < 4.78 is 23.8. The van der Waals surface area contributed by atoms with E-state index in [1.165, 1.54) is 0 Å². The third-order valence-corrected chi connectivity index (χ3v) is 8.99. The van der Waals surface area contributed by atoms with Crippen LogP contribution in [0.1, 0.15) is 128 Å². The number of rotatable bonds is 2. The second kappa shape index (κ2) is 26.8. The Labute approximate surface area is 302 Å². The van der Waals surface area contributed by atoms with Crippen LogP contribution in [-0.4, -0.2) is 60.8 Å². The highest BCUT2D eigenvalue weighted by Crippen LogP contribution is 2.21. The molecule has 0 radical (unpaired) electrons. The van der Waals surface area contributed by atoms with Crippen molar-refractivity contribution in [2.75, 3.05) is 26.4 Å². The molecule has 0 saturated carbocycles. The molecule has 0 atom stereocenters. The van der Waals surface area contributed by atoms with Gasteiger partial charge >= 0.3 is 14.2 Å². The van der Waals surface area contributed by atoms with Gasteiger partial charge in [0.25, 0.3) is 0 Å². The summed E-state index contributed by atoms with van der Waals surface area (Å²) in [6.45, 7) is 2.13. The van der Waals surface area contributed by atoms with Crippen molar-refractivity contribution in [3.05, 3.63) is 60.7 Å². The molecule has 2 aromatic rings. The van der Waals surface area contributed by atoms with Crippen LogP contribution in [0.5, 0.6) is 23.0 Å². The summed E-state index contributed by atoms with van der Waals surface area (Å²) in [5, 5.41) is 40.2. The second-order valence-corrected chi connectivity index (χ2v) is 13.2. The Morgan fingerprint density at radius 3 is 0.820 bits per heavy atom. The van der Waals surface area contributed by atoms with Gasteiger partial charge in [-0.1, -0.05) is 87.8 Å². The molecule has 0 spiro atoms. The molecule has 0 saturated heterocycles. The Morgan fingerprint density at radius 2 is 0.580 bits per heavy atom. The van der Waals surface area contributed by atoms with Gasteiger partial charge in [0.15, 0.2) is 0 Å². The molecule has 1 aliphatic rings. The molecule has 50 heavy (non-hydrogen) atoms. The van der Waals surface area contributed by atoms with Crippen LogP contribution in [0.15, 0.2) is 60.7 Å². The Bertz CT molecular complexity index is 1050. The smallest absolute Gasteiger partial charge is 0.494 e. The van der Waals surface area contributed by atoms with Gasteiger partial charge in [-0.25, -0.2) is 0 Å². The summed E-state index contributed by atoms with van der Waals surface area (Å²) in [6.07, 6.45) is 30.5. The molecule has 3 rings (SSSR count). The molecule has 10 heteroatoms. The SMILES string of the molecule is OB(O)c1c2cccc1OCCCCCC/C=C/CCCCCCOc1cccc(c1B(O)O)OCCCCCC/C=C/CCCCCCO2. The first-order valence-corrected chi connectivity index (χ1v) is 19.4. The van der Waals surface area contributed by atoms with Crippen molar-refractivity contribution in [1.29, 1.82) is 0 Å². The third kappa shape index (κ3) is 17.3. The van der Waals surface area contributed by atoms with E-state index >= 15 is 0 Å². The maximum atomic E-state index is 10.1. The molecule has 8 nitrogen and oxygen atoms in total. The Kier molecular flexibility index (Phi) is 22.3. The van der Waals surface area contributed by atoms with Gasteiger partial charge in [-0.05, 0) is 101 Å². The van der Waals surface area contributed by atoms with Crippen molar-refractivity contribution in [2.24, 2.45) is 0 Å². The Hall–Kier alpha value is -2.91. The fraction of sp³-hybridized carbons (Fsp3) is 0.600. The maximum absolute atomic E-state index is 10.1. The lowest BCUT2D eigenvalue weighted by Gasteiger charge is -2.16. The third-order valence-electron chi connectivity index (χ3n) is 8.99. The summed E-state index contributed by atoms with van der Waals surface area (Å²) in [4.78, 5) is 0. The van der Waals surface area contributed by atoms with E-state index in [0.29, 0.717) is 60.4 Å². The molecule has 0 unspecified atom stereocenters. The fourth-order valence-electron chi connectivity index (χ4n) is 6.13. The van der Waals surface area contributed by atoms with Gasteiger partial charge < -0.3 is 39.0 Å². The number of allylic oxidation sites excluding steroid dienone is 4. The Morgan fingerprint density at radius 1 is 0.340 bits per heavy atom. The number of ether oxygens (including phenoxy) is 4. The van der Waals surface area contributed by atoms with Gasteiger partial charge in [0, 0.05) is 0 Å². The molecular formula is C40H62B2O8. The molecule has 0 fully saturated rings. The fourth-order valence-corrected chi connectivity index (χ4v) is 6.13. The molecule has 1 heterocycles. The zero-order chi connectivity index (χ0) is 35.5. The molecule has 2 aromatic carbocycles. The van der Waals surface area contributed by atoms with Crippen LogP contribution < -0.4 is 29.9 Å². The zero-order valence-corrected chi connectivity index (χ0v) is 30.3. The van der Waals surface area contributed by atoms with Gasteiger partial charge in [0.1, 0.15) is 23.0 Å². The molecule has 276 valence electrons. The normalized spacial score (nSPS) is 19.4. The standard InChI is InChI=1S/C40H62B2O8/c43-41(44)39-35-27-25-29-37(39)49-33-23-19-15-11-7-3-4-8-12-16-20-24-34-50-38-30-26-28-36(40(38)42(45)46)48-32-22-18-14-10-6-2-1-5-9-13-17-21-31-47-35/h1-4,25-30,43-46H,5-24,31-34H2/b2-1+,4-3+. The predicted molar refractivity (Wildman–Crippen MR) is 205 cm³/mol. The van der Waals surface area contributed by atoms with E-state index in [0.717, 1.165) is 128 Å². The largest absolute Gasteiger partial charge is 0.496 e. The molecule has 0 aliphatic carbocycles. The van der Waals surface area contributed by atoms with E-state index in [4.69, 9.17) is 18.9 Å². The molecule has 1 aliphatic heterocycles. The summed E-state index contributed by atoms with van der Waals surface area (Å²) in [6, 6.07) is 10.8. The number of hydrogen-bond acceptors (Lipinski definition) is 8. The summed E-state index contributed by atoms with van der Waals surface area (Å²) >= 11 is 0. The van der Waals surface area contributed by atoms with Gasteiger partial charge in [0.05, 0.1) is 37.4 Å². The van der Waals surface area contributed by atoms with Crippen molar-refractivity contribution in [3.8, 4) is 23.0 Å². The summed E-state index contributed by atoms with van der Waals surface area (Å²) in [5.41, 5.74) is 0.622. The van der Waals surface area contributed by atoms with Crippen molar-refractivity contribution in [1.82, 2.24) is 0 Å². The summed E-state index contributed by atoms with van der Waals surface area (Å²) in [5.74, 6) is 1.92. The second-order valence-electron chi connectivity index (χ2n) is 13.2. The van der Waals surface area contributed by atoms with Crippen molar-refractivity contribution in [3.63, 3.8) is 0 Å². The molecular weight excluding hydrogens is 630 g/mol. The predicted octanol–water partition coefficient (Wildman–Crippen LogP) is 7.19. The number of benzene rings is 2. The van der Waals surface area contributed by atoms with Gasteiger partial charge in [-0.15, -0.1) is 0 Å². The van der Waals surface area contributed by atoms with E-state index in [9.17, 15) is 20.1 Å². The first-order valence-electron chi connectivity index (χ1n) is 19.4. The summed E-state index contributed by atoms with van der Waals surface area (Å²) in [7, 11) is -3.29. The zero-order valence-electron chi connectivity index (χ0n) is 30.3. The minimum Gasteiger partial charge on any atom is -0.494 e. The highest BCUT2D eigenvalue weighted by Gasteiger charge is 2.24. The van der Waals surface area contributed by atoms with Gasteiger partial charge in [0.2, 0.25) is 0 Å². The van der Waals surface area contributed by atoms with Crippen molar-refractivity contribution >= 4 is 25.2 Å². The molecule has 0 amide bonds. The highest BCUT2D eigenvalue weighted by atomic mass is 16.5. The van der Waals surface area contributed by atoms with Crippen LogP contribution in [0.3, 0.4) is 0 Å². The van der Waals surface area contributed by atoms with E-state index in [-0.39, 0.29) is 0 Å². The van der Waals surface area contributed by atoms with Crippen LogP contribution in [-0.2, 0) is 0 Å². The van der Waals surface area contributed by atoms with Gasteiger partial charge in [-0.3, -0.25) is 0 Å². The average molecular weight is 693 g/mol. The van der Waals surface area contributed by atoms with E-state index in [1.807, 2.05) is 12.1 Å². The van der Waals surface area contributed by atoms with Crippen LogP contribution in [0, 0.1) is 0 Å². The van der Waals surface area contributed by atoms with Crippen LogP contribution in [0.4, 0.5) is 0 Å². The molecule has 4 N–H and O–H groups in total. The first-order chi connectivity index (χ1) is 24.6. The maximum Gasteiger partial charge on any atom is 0.496 e. The van der Waals surface area contributed by atoms with E-state index in [1.54, 1.807) is 24.3 Å². The topological polar surface area (TPSA) is 118 Å². The lowest BCUT2D eigenvalue weighted by atomic mass is 9.78. The van der Waals surface area contributed by atoms with E-state index < -0.39 is 14.2 Å². The molecule has 0 aromatic heterocycles. The van der Waals surface area contributed by atoms with Crippen LogP contribution in [0.2, 0.25) is 0 Å². The van der Waals surface area contributed by atoms with Crippen LogP contribution >= 0.6 is 0 Å². The number of fused-ring (bicyclic) bond motifs is 4. The monoisotopic (exact) mass is 692 g/mol. The van der Waals surface area contributed by atoms with Crippen molar-refractivity contribution < 1.29 is 39.0 Å². The quantitative estimate of drug-likeness (QED) is 0.193. The molecule has 4 bridgehead atoms. The van der Waals surface area contributed by atoms with Crippen LogP contribution in [0.25, 0.3) is 0 Å². The minimum absolute atomic E-state index is 0.311. The van der Waals surface area contributed by atoms with E-state index in [2.05, 4.69) is 24.3 Å². The number of hydrogen-bond donors (Lipinski definition) is 4. The first kappa shape index (κ1) is 41.5. The minimum atomic E-state index is -1.65. The highest BCUT2D eigenvalue weighted by molar-refractivity contribution is 6.61.